The highest BCUT2D eigenvalue weighted by atomic mass is 16.4. The van der Waals surface area contributed by atoms with E-state index >= 15 is 0 Å². The van der Waals surface area contributed by atoms with E-state index in [0.717, 1.165) is 38.5 Å². The van der Waals surface area contributed by atoms with Crippen LogP contribution in [0.3, 0.4) is 0 Å². The second kappa shape index (κ2) is 21.8. The number of unbranched alkanes of at least 4 members (excludes halogenated alkanes) is 8. The van der Waals surface area contributed by atoms with Gasteiger partial charge in [0.2, 0.25) is 0 Å². The van der Waals surface area contributed by atoms with Gasteiger partial charge in [-0.3, -0.25) is 9.59 Å². The molecular formula is C17H35NO6. The fourth-order valence-electron chi connectivity index (χ4n) is 2.07. The van der Waals surface area contributed by atoms with Crippen molar-refractivity contribution in [3.63, 3.8) is 0 Å². The summed E-state index contributed by atoms with van der Waals surface area (Å²) in [6.07, 6.45) is 9.89. The first kappa shape index (κ1) is 25.1. The van der Waals surface area contributed by atoms with Crippen LogP contribution >= 0.6 is 0 Å². The van der Waals surface area contributed by atoms with E-state index < -0.39 is 11.9 Å². The van der Waals surface area contributed by atoms with Crippen LogP contribution in [0.4, 0.5) is 0 Å². The molecule has 0 aromatic rings. The number of carboxylic acids is 2. The predicted molar refractivity (Wildman–Crippen MR) is 93.1 cm³/mol. The minimum Gasteiger partial charge on any atom is -0.481 e. The van der Waals surface area contributed by atoms with Crippen molar-refractivity contribution in [2.24, 2.45) is 0 Å². The molecule has 0 radical (unpaired) electrons. The highest BCUT2D eigenvalue weighted by Crippen LogP contribution is 2.11. The maximum atomic E-state index is 10.2. The van der Waals surface area contributed by atoms with E-state index in [2.05, 4.69) is 5.32 Å². The summed E-state index contributed by atoms with van der Waals surface area (Å²) in [5.74, 6) is -1.41. The summed E-state index contributed by atoms with van der Waals surface area (Å²) in [4.78, 5) is 20.5. The third-order valence-corrected chi connectivity index (χ3v) is 3.36. The van der Waals surface area contributed by atoms with Crippen LogP contribution < -0.4 is 5.32 Å². The molecular weight excluding hydrogens is 314 g/mol. The number of carbonyl (C=O) groups is 2. The van der Waals surface area contributed by atoms with Crippen LogP contribution in [0, 0.1) is 0 Å². The smallest absolute Gasteiger partial charge is 0.303 e. The third-order valence-electron chi connectivity index (χ3n) is 3.36. The summed E-state index contributed by atoms with van der Waals surface area (Å²) in [6.45, 7) is 1.42. The summed E-state index contributed by atoms with van der Waals surface area (Å²) in [5, 5.41) is 36.0. The first-order chi connectivity index (χ1) is 11.5. The Morgan fingerprint density at radius 2 is 0.875 bits per heavy atom. The Morgan fingerprint density at radius 3 is 1.12 bits per heavy atom. The third kappa shape index (κ3) is 28.9. The van der Waals surface area contributed by atoms with Crippen molar-refractivity contribution in [3.05, 3.63) is 0 Å². The van der Waals surface area contributed by atoms with E-state index in [1.807, 2.05) is 0 Å². The monoisotopic (exact) mass is 349 g/mol. The maximum absolute atomic E-state index is 10.2. The zero-order valence-corrected chi connectivity index (χ0v) is 14.7. The predicted octanol–water partition coefficient (Wildman–Crippen LogP) is 2.01. The molecule has 0 rings (SSSR count). The van der Waals surface area contributed by atoms with Gasteiger partial charge in [-0.2, -0.15) is 0 Å². The summed E-state index contributed by atoms with van der Waals surface area (Å²) < 4.78 is 0. The Labute approximate surface area is 145 Å². The number of nitrogens with one attached hydrogen (secondary N) is 1. The largest absolute Gasteiger partial charge is 0.481 e. The molecule has 0 saturated heterocycles. The lowest BCUT2D eigenvalue weighted by Gasteiger charge is -2.01. The summed E-state index contributed by atoms with van der Waals surface area (Å²) in [5.41, 5.74) is 0. The van der Waals surface area contributed by atoms with Gasteiger partial charge in [0.25, 0.3) is 0 Å². The molecule has 0 saturated carbocycles. The number of carboxylic acid groups (broad SMARTS) is 2. The zero-order valence-electron chi connectivity index (χ0n) is 14.7. The molecule has 0 aliphatic heterocycles. The fraction of sp³-hybridized carbons (Fsp3) is 0.882. The molecule has 0 atom stereocenters. The molecule has 0 aliphatic rings. The molecule has 0 aliphatic carbocycles. The first-order valence-electron chi connectivity index (χ1n) is 8.90. The van der Waals surface area contributed by atoms with Crippen molar-refractivity contribution in [1.29, 1.82) is 0 Å². The lowest BCUT2D eigenvalue weighted by molar-refractivity contribution is -0.138. The Balaban J connectivity index is 0. The Kier molecular flexibility index (Phi) is 22.8. The van der Waals surface area contributed by atoms with Crippen LogP contribution in [0.5, 0.6) is 0 Å². The number of aliphatic carboxylic acids is 2. The van der Waals surface area contributed by atoms with Crippen LogP contribution in [0.1, 0.15) is 70.6 Å². The summed E-state index contributed by atoms with van der Waals surface area (Å²) in [6, 6.07) is 0. The van der Waals surface area contributed by atoms with Gasteiger partial charge in [-0.15, -0.1) is 0 Å². The molecule has 7 nitrogen and oxygen atoms in total. The van der Waals surface area contributed by atoms with Crippen molar-refractivity contribution in [3.8, 4) is 0 Å². The van der Waals surface area contributed by atoms with Gasteiger partial charge in [0.15, 0.2) is 0 Å². The summed E-state index contributed by atoms with van der Waals surface area (Å²) >= 11 is 0. The lowest BCUT2D eigenvalue weighted by atomic mass is 10.1. The highest BCUT2D eigenvalue weighted by molar-refractivity contribution is 5.66. The topological polar surface area (TPSA) is 127 Å². The molecule has 0 amide bonds. The lowest BCUT2D eigenvalue weighted by Crippen LogP contribution is -2.21. The molecule has 0 aromatic carbocycles. The molecule has 0 spiro atoms. The van der Waals surface area contributed by atoms with Gasteiger partial charge >= 0.3 is 11.9 Å². The number of hydrogen-bond donors (Lipinski definition) is 5. The normalized spacial score (nSPS) is 10.1. The second-order valence-electron chi connectivity index (χ2n) is 5.67. The standard InChI is InChI=1S/C13H24O4.C4H11NO2/c14-12(15)10-8-6-4-2-1-3-5-7-9-11-13(16)17;6-3-1-5-2-4-7/h1-11H2,(H,14,15)(H,16,17);5-7H,1-4H2. The highest BCUT2D eigenvalue weighted by Gasteiger charge is 1.98. The minimum absolute atomic E-state index is 0.139. The van der Waals surface area contributed by atoms with Gasteiger partial charge in [0.05, 0.1) is 13.2 Å². The van der Waals surface area contributed by atoms with Crippen molar-refractivity contribution in [2.45, 2.75) is 70.6 Å². The average Bonchev–Trinajstić information content (AvgIpc) is 2.53. The molecule has 5 N–H and O–H groups in total. The SMILES string of the molecule is O=C(O)CCCCCCCCCCCC(=O)O.OCCNCCO. The quantitative estimate of drug-likeness (QED) is 0.270. The van der Waals surface area contributed by atoms with Crippen LogP contribution in [-0.2, 0) is 9.59 Å². The Morgan fingerprint density at radius 1 is 0.583 bits per heavy atom. The van der Waals surface area contributed by atoms with Gasteiger partial charge < -0.3 is 25.7 Å². The van der Waals surface area contributed by atoms with Crippen LogP contribution in [0.2, 0.25) is 0 Å². The summed E-state index contributed by atoms with van der Waals surface area (Å²) in [7, 11) is 0. The van der Waals surface area contributed by atoms with Gasteiger partial charge in [-0.1, -0.05) is 44.9 Å². The number of hydrogen-bond acceptors (Lipinski definition) is 5. The van der Waals surface area contributed by atoms with Crippen LogP contribution in [-0.4, -0.2) is 58.7 Å². The first-order valence-corrected chi connectivity index (χ1v) is 8.90. The maximum Gasteiger partial charge on any atom is 0.303 e. The van der Waals surface area contributed by atoms with Crippen LogP contribution in [0.25, 0.3) is 0 Å². The van der Waals surface area contributed by atoms with Crippen molar-refractivity contribution >= 4 is 11.9 Å². The Bertz CT molecular complexity index is 260. The van der Waals surface area contributed by atoms with Crippen molar-refractivity contribution < 1.29 is 30.0 Å². The molecule has 24 heavy (non-hydrogen) atoms. The average molecular weight is 349 g/mol. The van der Waals surface area contributed by atoms with E-state index in [4.69, 9.17) is 20.4 Å². The fourth-order valence-corrected chi connectivity index (χ4v) is 2.07. The molecule has 7 heteroatoms. The van der Waals surface area contributed by atoms with E-state index in [-0.39, 0.29) is 26.1 Å². The zero-order chi connectivity index (χ0) is 18.5. The Hall–Kier alpha value is -1.18. The molecule has 0 unspecified atom stereocenters. The van der Waals surface area contributed by atoms with Gasteiger partial charge in [0.1, 0.15) is 0 Å². The van der Waals surface area contributed by atoms with E-state index in [9.17, 15) is 9.59 Å². The van der Waals surface area contributed by atoms with Crippen molar-refractivity contribution in [1.82, 2.24) is 5.32 Å². The second-order valence-corrected chi connectivity index (χ2v) is 5.67. The van der Waals surface area contributed by atoms with E-state index in [0.29, 0.717) is 13.1 Å². The van der Waals surface area contributed by atoms with Gasteiger partial charge in [-0.25, -0.2) is 0 Å². The number of rotatable bonds is 16. The van der Waals surface area contributed by atoms with Crippen molar-refractivity contribution in [2.75, 3.05) is 26.3 Å². The van der Waals surface area contributed by atoms with Crippen LogP contribution in [0.15, 0.2) is 0 Å². The molecule has 0 heterocycles. The number of aliphatic hydroxyl groups excluding tert-OH is 2. The molecule has 0 bridgehead atoms. The molecule has 0 fully saturated rings. The van der Waals surface area contributed by atoms with E-state index in [1.54, 1.807) is 0 Å². The molecule has 144 valence electrons. The molecule has 0 aromatic heterocycles. The minimum atomic E-state index is -0.705. The van der Waals surface area contributed by atoms with Gasteiger partial charge in [0, 0.05) is 25.9 Å². The number of aliphatic hydroxyl groups is 2. The van der Waals surface area contributed by atoms with E-state index in [1.165, 1.54) is 19.3 Å². The van der Waals surface area contributed by atoms with Gasteiger partial charge in [-0.05, 0) is 12.8 Å².